The van der Waals surface area contributed by atoms with Crippen LogP contribution in [-0.4, -0.2) is 31.5 Å². The summed E-state index contributed by atoms with van der Waals surface area (Å²) in [6.45, 7) is 2.03. The molecule has 1 aliphatic carbocycles. The van der Waals surface area contributed by atoms with Crippen molar-refractivity contribution in [3.63, 3.8) is 0 Å². The van der Waals surface area contributed by atoms with Gasteiger partial charge < -0.3 is 15.4 Å². The van der Waals surface area contributed by atoms with Crippen LogP contribution in [0.4, 0.5) is 5.69 Å². The fourth-order valence-electron chi connectivity index (χ4n) is 2.83. The van der Waals surface area contributed by atoms with Crippen LogP contribution in [0, 0.1) is 6.92 Å². The molecule has 2 aromatic rings. The van der Waals surface area contributed by atoms with Gasteiger partial charge in [-0.15, -0.1) is 0 Å². The summed E-state index contributed by atoms with van der Waals surface area (Å²) >= 11 is 0. The van der Waals surface area contributed by atoms with Crippen LogP contribution in [0.3, 0.4) is 0 Å². The second-order valence-electron chi connectivity index (χ2n) is 6.76. The quantitative estimate of drug-likeness (QED) is 0.670. The highest BCUT2D eigenvalue weighted by molar-refractivity contribution is 5.97. The molecule has 3 N–H and O–H groups in total. The lowest BCUT2D eigenvalue weighted by atomic mass is 10.1. The first kappa shape index (κ1) is 18.9. The smallest absolute Gasteiger partial charge is 0.246 e. The highest BCUT2D eigenvalue weighted by Gasteiger charge is 2.25. The van der Waals surface area contributed by atoms with Gasteiger partial charge in [0.05, 0.1) is 19.3 Å². The summed E-state index contributed by atoms with van der Waals surface area (Å²) in [5.41, 5.74) is 2.41. The summed E-state index contributed by atoms with van der Waals surface area (Å²) in [6, 6.07) is 14.6. The molecule has 6 nitrogen and oxygen atoms in total. The van der Waals surface area contributed by atoms with Crippen LogP contribution in [0.15, 0.2) is 48.5 Å². The largest absolute Gasteiger partial charge is 0.495 e. The average Bonchev–Trinajstić information content (AvgIpc) is 3.47. The zero-order chi connectivity index (χ0) is 19.2. The van der Waals surface area contributed by atoms with Crippen molar-refractivity contribution in [3.8, 4) is 5.75 Å². The molecule has 0 spiro atoms. The number of amides is 2. The summed E-state index contributed by atoms with van der Waals surface area (Å²) in [7, 11) is 1.56. The van der Waals surface area contributed by atoms with Crippen LogP contribution in [-0.2, 0) is 9.59 Å². The number of benzene rings is 2. The molecular weight excluding hydrogens is 342 g/mol. The first-order valence-corrected chi connectivity index (χ1v) is 9.10. The van der Waals surface area contributed by atoms with Crippen LogP contribution in [0.1, 0.15) is 30.0 Å². The number of carbonyl (C=O) groups is 2. The Morgan fingerprint density at radius 1 is 1.15 bits per heavy atom. The number of nitrogens with one attached hydrogen (secondary N) is 3. The molecular formula is C21H25N3O3. The maximum Gasteiger partial charge on any atom is 0.246 e. The highest BCUT2D eigenvalue weighted by atomic mass is 16.5. The number of hydrogen-bond acceptors (Lipinski definition) is 4. The van der Waals surface area contributed by atoms with Crippen molar-refractivity contribution in [3.05, 3.63) is 59.7 Å². The van der Waals surface area contributed by atoms with E-state index in [1.807, 2.05) is 55.5 Å². The Balaban J connectivity index is 1.74. The number of ether oxygens (including phenoxy) is 1. The zero-order valence-electron chi connectivity index (χ0n) is 15.6. The van der Waals surface area contributed by atoms with E-state index in [1.54, 1.807) is 7.11 Å². The molecule has 27 heavy (non-hydrogen) atoms. The molecule has 1 fully saturated rings. The lowest BCUT2D eigenvalue weighted by molar-refractivity contribution is -0.121. The molecule has 0 heterocycles. The number of rotatable bonds is 8. The van der Waals surface area contributed by atoms with Gasteiger partial charge in [-0.25, -0.2) is 0 Å². The number of hydrogen-bond donors (Lipinski definition) is 3. The van der Waals surface area contributed by atoms with Crippen LogP contribution in [0.25, 0.3) is 0 Å². The van der Waals surface area contributed by atoms with E-state index in [1.165, 1.54) is 0 Å². The molecule has 0 unspecified atom stereocenters. The summed E-state index contributed by atoms with van der Waals surface area (Å²) in [6.07, 6.45) is 2.06. The van der Waals surface area contributed by atoms with Gasteiger partial charge in [0.2, 0.25) is 11.8 Å². The van der Waals surface area contributed by atoms with Gasteiger partial charge in [0.25, 0.3) is 0 Å². The molecule has 2 aromatic carbocycles. The topological polar surface area (TPSA) is 79.5 Å². The fourth-order valence-corrected chi connectivity index (χ4v) is 2.83. The molecule has 2 amide bonds. The van der Waals surface area contributed by atoms with Gasteiger partial charge in [-0.3, -0.25) is 14.9 Å². The van der Waals surface area contributed by atoms with Crippen molar-refractivity contribution < 1.29 is 14.3 Å². The third-order valence-corrected chi connectivity index (χ3v) is 4.42. The molecule has 6 heteroatoms. The standard InChI is InChI=1S/C21H25N3O3/c1-14-8-11-18(27-2)17(12-14)24-21(26)20(15-6-4-3-5-7-15)22-13-19(25)23-16-9-10-16/h3-8,11-12,16,20,22H,9-10,13H2,1-2H3,(H,23,25)(H,24,26)/t20-/m1/s1. The van der Waals surface area contributed by atoms with E-state index in [-0.39, 0.29) is 18.4 Å². The molecule has 0 aliphatic heterocycles. The lowest BCUT2D eigenvalue weighted by Gasteiger charge is -2.20. The summed E-state index contributed by atoms with van der Waals surface area (Å²) in [5, 5.41) is 8.92. The van der Waals surface area contributed by atoms with E-state index in [4.69, 9.17) is 4.74 Å². The normalized spacial score (nSPS) is 14.3. The van der Waals surface area contributed by atoms with Crippen molar-refractivity contribution in [1.29, 1.82) is 0 Å². The van der Waals surface area contributed by atoms with Gasteiger partial charge in [-0.05, 0) is 43.0 Å². The molecule has 0 radical (unpaired) electrons. The molecule has 0 bridgehead atoms. The van der Waals surface area contributed by atoms with Crippen LogP contribution in [0.2, 0.25) is 0 Å². The Morgan fingerprint density at radius 2 is 1.89 bits per heavy atom. The van der Waals surface area contributed by atoms with Crippen molar-refractivity contribution in [2.24, 2.45) is 0 Å². The van der Waals surface area contributed by atoms with Crippen LogP contribution in [0.5, 0.6) is 5.75 Å². The predicted molar refractivity (Wildman–Crippen MR) is 105 cm³/mol. The van der Waals surface area contributed by atoms with Gasteiger partial charge in [-0.1, -0.05) is 36.4 Å². The maximum atomic E-state index is 13.0. The number of methoxy groups -OCH3 is 1. The van der Waals surface area contributed by atoms with E-state index in [0.717, 1.165) is 24.0 Å². The predicted octanol–water partition coefficient (Wildman–Crippen LogP) is 2.55. The second-order valence-corrected chi connectivity index (χ2v) is 6.76. The van der Waals surface area contributed by atoms with Gasteiger partial charge in [0, 0.05) is 6.04 Å². The van der Waals surface area contributed by atoms with Crippen molar-refractivity contribution in [1.82, 2.24) is 10.6 Å². The average molecular weight is 367 g/mol. The highest BCUT2D eigenvalue weighted by Crippen LogP contribution is 2.26. The minimum Gasteiger partial charge on any atom is -0.495 e. The number of anilines is 1. The minimum atomic E-state index is -0.652. The molecule has 0 saturated heterocycles. The monoisotopic (exact) mass is 367 g/mol. The third-order valence-electron chi connectivity index (χ3n) is 4.42. The Kier molecular flexibility index (Phi) is 6.08. The Labute approximate surface area is 159 Å². The van der Waals surface area contributed by atoms with Crippen molar-refractivity contribution in [2.45, 2.75) is 31.8 Å². The first-order valence-electron chi connectivity index (χ1n) is 9.10. The molecule has 1 aliphatic rings. The van der Waals surface area contributed by atoms with Crippen molar-refractivity contribution in [2.75, 3.05) is 19.0 Å². The zero-order valence-corrected chi connectivity index (χ0v) is 15.6. The van der Waals surface area contributed by atoms with E-state index in [9.17, 15) is 9.59 Å². The number of carbonyl (C=O) groups excluding carboxylic acids is 2. The lowest BCUT2D eigenvalue weighted by Crippen LogP contribution is -2.40. The van der Waals surface area contributed by atoms with Crippen molar-refractivity contribution >= 4 is 17.5 Å². The molecule has 1 atom stereocenters. The molecule has 3 rings (SSSR count). The van der Waals surface area contributed by atoms with Crippen LogP contribution >= 0.6 is 0 Å². The van der Waals surface area contributed by atoms with E-state index in [0.29, 0.717) is 17.5 Å². The number of aryl methyl sites for hydroxylation is 1. The van der Waals surface area contributed by atoms with Crippen LogP contribution < -0.4 is 20.7 Å². The fraction of sp³-hybridized carbons (Fsp3) is 0.333. The van der Waals surface area contributed by atoms with E-state index >= 15 is 0 Å². The van der Waals surface area contributed by atoms with Gasteiger partial charge in [0.1, 0.15) is 11.8 Å². The Hall–Kier alpha value is -2.86. The minimum absolute atomic E-state index is 0.0778. The molecule has 142 valence electrons. The van der Waals surface area contributed by atoms with Gasteiger partial charge in [-0.2, -0.15) is 0 Å². The summed E-state index contributed by atoms with van der Waals surface area (Å²) in [4.78, 5) is 25.0. The third kappa shape index (κ3) is 5.31. The molecule has 0 aromatic heterocycles. The summed E-state index contributed by atoms with van der Waals surface area (Å²) in [5.74, 6) is 0.246. The SMILES string of the molecule is COc1ccc(C)cc1NC(=O)[C@H](NCC(=O)NC1CC1)c1ccccc1. The Bertz CT molecular complexity index is 804. The first-order chi connectivity index (χ1) is 13.1. The van der Waals surface area contributed by atoms with E-state index in [2.05, 4.69) is 16.0 Å². The Morgan fingerprint density at radius 3 is 2.56 bits per heavy atom. The maximum absolute atomic E-state index is 13.0. The van der Waals surface area contributed by atoms with Gasteiger partial charge >= 0.3 is 0 Å². The molecule has 1 saturated carbocycles. The second kappa shape index (κ2) is 8.68. The van der Waals surface area contributed by atoms with E-state index < -0.39 is 6.04 Å². The van der Waals surface area contributed by atoms with Gasteiger partial charge in [0.15, 0.2) is 0 Å². The summed E-state index contributed by atoms with van der Waals surface area (Å²) < 4.78 is 5.34.